The molecule has 1 heterocycles. The van der Waals surface area contributed by atoms with Gasteiger partial charge in [-0.3, -0.25) is 4.79 Å². The monoisotopic (exact) mass is 511 g/mol. The standard InChI is InChI=1S/C23H22ClF4N5O2/c1-33(2)10-4-7-18(34)31-17-9-8-15-19(21(17)35-22(28)14(26)11-25)23(30-12-29-15)32-16-6-3-5-13(24)20(16)27/h3-9,12,14,22H,10-11H2,1-2H3,(H,31,34)(H,29,30,32)/b7-4+. The van der Waals surface area contributed by atoms with E-state index in [9.17, 15) is 22.4 Å². The second-order valence-corrected chi connectivity index (χ2v) is 7.99. The van der Waals surface area contributed by atoms with Gasteiger partial charge in [-0.15, -0.1) is 0 Å². The number of amides is 1. The van der Waals surface area contributed by atoms with Crippen molar-refractivity contribution in [1.29, 1.82) is 0 Å². The maximum atomic E-state index is 14.5. The number of aromatic nitrogens is 2. The van der Waals surface area contributed by atoms with Crippen LogP contribution in [-0.4, -0.2) is 60.6 Å². The van der Waals surface area contributed by atoms with Crippen molar-refractivity contribution in [3.63, 3.8) is 0 Å². The number of likely N-dealkylation sites (N-methyl/N-ethyl adjacent to an activating group) is 1. The molecule has 3 rings (SSSR count). The second-order valence-electron chi connectivity index (χ2n) is 7.58. The van der Waals surface area contributed by atoms with Crippen LogP contribution in [0.1, 0.15) is 0 Å². The first-order valence-corrected chi connectivity index (χ1v) is 10.7. The van der Waals surface area contributed by atoms with Crippen LogP contribution in [0.4, 0.5) is 34.8 Å². The summed E-state index contributed by atoms with van der Waals surface area (Å²) in [7, 11) is 3.63. The molecule has 2 N–H and O–H groups in total. The Hall–Kier alpha value is -3.44. The van der Waals surface area contributed by atoms with Crippen molar-refractivity contribution in [1.82, 2.24) is 14.9 Å². The predicted molar refractivity (Wildman–Crippen MR) is 127 cm³/mol. The first kappa shape index (κ1) is 26.2. The van der Waals surface area contributed by atoms with Crippen LogP contribution in [0.5, 0.6) is 5.75 Å². The van der Waals surface area contributed by atoms with Crippen LogP contribution in [0.3, 0.4) is 0 Å². The van der Waals surface area contributed by atoms with E-state index in [-0.39, 0.29) is 38.9 Å². The molecule has 3 aromatic rings. The Kier molecular flexibility index (Phi) is 8.83. The lowest BCUT2D eigenvalue weighted by molar-refractivity contribution is -0.112. The van der Waals surface area contributed by atoms with Crippen molar-refractivity contribution in [2.75, 3.05) is 37.9 Å². The minimum atomic E-state index is -2.71. The average molecular weight is 512 g/mol. The molecule has 2 aromatic carbocycles. The smallest absolute Gasteiger partial charge is 0.271 e. The molecule has 0 saturated carbocycles. The molecule has 2 unspecified atom stereocenters. The number of nitrogens with one attached hydrogen (secondary N) is 2. The lowest BCUT2D eigenvalue weighted by Crippen LogP contribution is -2.26. The van der Waals surface area contributed by atoms with Gasteiger partial charge >= 0.3 is 0 Å². The van der Waals surface area contributed by atoms with E-state index in [1.807, 2.05) is 19.0 Å². The van der Waals surface area contributed by atoms with Gasteiger partial charge in [0, 0.05) is 12.6 Å². The van der Waals surface area contributed by atoms with Gasteiger partial charge in [-0.25, -0.2) is 23.1 Å². The number of alkyl halides is 3. The van der Waals surface area contributed by atoms with Gasteiger partial charge in [0.2, 0.25) is 5.91 Å². The second kappa shape index (κ2) is 11.8. The molecule has 0 fully saturated rings. The van der Waals surface area contributed by atoms with Gasteiger partial charge in [0.05, 0.1) is 27.3 Å². The largest absolute Gasteiger partial charge is 0.454 e. The van der Waals surface area contributed by atoms with Crippen LogP contribution in [0.2, 0.25) is 5.02 Å². The molecule has 0 aliphatic heterocycles. The maximum absolute atomic E-state index is 14.5. The van der Waals surface area contributed by atoms with Gasteiger partial charge in [0.25, 0.3) is 6.36 Å². The minimum Gasteiger partial charge on any atom is -0.454 e. The number of ether oxygens (including phenoxy) is 1. The van der Waals surface area contributed by atoms with Crippen molar-refractivity contribution >= 4 is 45.6 Å². The molecular formula is C23H22ClF4N5O2. The van der Waals surface area contributed by atoms with Crippen LogP contribution < -0.4 is 15.4 Å². The Morgan fingerprint density at radius 1 is 1.20 bits per heavy atom. The average Bonchev–Trinajstić information content (AvgIpc) is 2.82. The first-order valence-electron chi connectivity index (χ1n) is 10.3. The number of nitrogens with zero attached hydrogens (tertiary/aromatic N) is 3. The summed E-state index contributed by atoms with van der Waals surface area (Å²) in [5, 5.41) is 5.08. The Labute approximate surface area is 203 Å². The van der Waals surface area contributed by atoms with Crippen molar-refractivity contribution < 1.29 is 27.1 Å². The summed E-state index contributed by atoms with van der Waals surface area (Å²) >= 11 is 5.84. The van der Waals surface area contributed by atoms with Gasteiger partial charge in [-0.2, -0.15) is 4.39 Å². The van der Waals surface area contributed by atoms with Crippen molar-refractivity contribution in [2.45, 2.75) is 12.5 Å². The van der Waals surface area contributed by atoms with E-state index in [0.717, 1.165) is 6.33 Å². The van der Waals surface area contributed by atoms with E-state index in [1.165, 1.54) is 36.4 Å². The third kappa shape index (κ3) is 6.58. The molecule has 0 aliphatic carbocycles. The number of carbonyl (C=O) groups excluding carboxylic acids is 1. The molecule has 0 saturated heterocycles. The minimum absolute atomic E-state index is 0.00402. The molecule has 7 nitrogen and oxygen atoms in total. The SMILES string of the molecule is CN(C)C/C=C/C(=O)Nc1ccc2ncnc(Nc3cccc(Cl)c3F)c2c1OC(F)C(F)CF. The van der Waals surface area contributed by atoms with E-state index < -0.39 is 30.9 Å². The molecule has 12 heteroatoms. The lowest BCUT2D eigenvalue weighted by atomic mass is 10.1. The number of hydrogen-bond donors (Lipinski definition) is 2. The summed E-state index contributed by atoms with van der Waals surface area (Å²) in [5.74, 6) is -1.77. The number of benzene rings is 2. The first-order chi connectivity index (χ1) is 16.7. The molecule has 35 heavy (non-hydrogen) atoms. The summed E-state index contributed by atoms with van der Waals surface area (Å²) in [4.78, 5) is 22.4. The van der Waals surface area contributed by atoms with Crippen molar-refractivity contribution in [3.05, 3.63) is 59.7 Å². The fourth-order valence-electron chi connectivity index (χ4n) is 2.97. The Morgan fingerprint density at radius 2 is 1.97 bits per heavy atom. The van der Waals surface area contributed by atoms with Crippen LogP contribution in [0.25, 0.3) is 10.9 Å². The highest BCUT2D eigenvalue weighted by Gasteiger charge is 2.26. The van der Waals surface area contributed by atoms with E-state index in [4.69, 9.17) is 16.3 Å². The van der Waals surface area contributed by atoms with E-state index in [0.29, 0.717) is 6.54 Å². The fourth-order valence-corrected chi connectivity index (χ4v) is 3.14. The number of anilines is 3. The zero-order valence-corrected chi connectivity index (χ0v) is 19.5. The highest BCUT2D eigenvalue weighted by atomic mass is 35.5. The van der Waals surface area contributed by atoms with Crippen LogP contribution in [0.15, 0.2) is 48.8 Å². The van der Waals surface area contributed by atoms with Crippen LogP contribution >= 0.6 is 11.6 Å². The Balaban J connectivity index is 2.10. The van der Waals surface area contributed by atoms with Crippen molar-refractivity contribution in [2.24, 2.45) is 0 Å². The molecule has 0 spiro atoms. The Morgan fingerprint density at radius 3 is 2.69 bits per heavy atom. The highest BCUT2D eigenvalue weighted by Crippen LogP contribution is 2.39. The molecule has 0 bridgehead atoms. The maximum Gasteiger partial charge on any atom is 0.271 e. The van der Waals surface area contributed by atoms with Gasteiger partial charge in [0.15, 0.2) is 17.7 Å². The van der Waals surface area contributed by atoms with Gasteiger partial charge in [-0.1, -0.05) is 23.7 Å². The zero-order valence-electron chi connectivity index (χ0n) is 18.7. The molecule has 2 atom stereocenters. The highest BCUT2D eigenvalue weighted by molar-refractivity contribution is 6.31. The molecule has 0 radical (unpaired) electrons. The number of carbonyl (C=O) groups is 1. The number of hydrogen-bond acceptors (Lipinski definition) is 6. The summed E-state index contributed by atoms with van der Waals surface area (Å²) in [6.07, 6.45) is -1.29. The van der Waals surface area contributed by atoms with E-state index >= 15 is 0 Å². The summed E-state index contributed by atoms with van der Waals surface area (Å²) in [5.41, 5.74) is 0.0764. The number of halogens is 5. The molecule has 1 amide bonds. The van der Waals surface area contributed by atoms with Crippen molar-refractivity contribution in [3.8, 4) is 5.75 Å². The van der Waals surface area contributed by atoms with Gasteiger partial charge < -0.3 is 20.3 Å². The molecular weight excluding hydrogens is 490 g/mol. The lowest BCUT2D eigenvalue weighted by Gasteiger charge is -2.19. The number of rotatable bonds is 10. The van der Waals surface area contributed by atoms with E-state index in [1.54, 1.807) is 6.08 Å². The summed E-state index contributed by atoms with van der Waals surface area (Å²) in [6, 6.07) is 7.06. The molecule has 0 aliphatic rings. The summed E-state index contributed by atoms with van der Waals surface area (Å²) in [6.45, 7) is -1.15. The third-order valence-electron chi connectivity index (χ3n) is 4.62. The van der Waals surface area contributed by atoms with Crippen LogP contribution in [-0.2, 0) is 4.79 Å². The normalized spacial score (nSPS) is 13.3. The Bertz CT molecular complexity index is 1230. The van der Waals surface area contributed by atoms with Crippen LogP contribution in [0, 0.1) is 5.82 Å². The molecule has 186 valence electrons. The topological polar surface area (TPSA) is 79.4 Å². The van der Waals surface area contributed by atoms with E-state index in [2.05, 4.69) is 20.6 Å². The quantitative estimate of drug-likeness (QED) is 0.287. The predicted octanol–water partition coefficient (Wildman–Crippen LogP) is 5.20. The van der Waals surface area contributed by atoms with Gasteiger partial charge in [0.1, 0.15) is 18.8 Å². The molecule has 1 aromatic heterocycles. The third-order valence-corrected chi connectivity index (χ3v) is 4.91. The zero-order chi connectivity index (χ0) is 25.5. The fraction of sp³-hybridized carbons (Fsp3) is 0.261. The number of fused-ring (bicyclic) bond motifs is 1. The van der Waals surface area contributed by atoms with Gasteiger partial charge in [-0.05, 0) is 38.4 Å². The summed E-state index contributed by atoms with van der Waals surface area (Å²) < 4.78 is 60.4.